The Balaban J connectivity index is 1.75. The summed E-state index contributed by atoms with van der Waals surface area (Å²) >= 11 is 0. The van der Waals surface area contributed by atoms with Crippen LogP contribution in [0.5, 0.6) is 5.75 Å². The molecule has 2 aliphatic heterocycles. The molecule has 1 amide bonds. The summed E-state index contributed by atoms with van der Waals surface area (Å²) in [5.41, 5.74) is 4.44. The summed E-state index contributed by atoms with van der Waals surface area (Å²) in [5, 5.41) is 9.93. The van der Waals surface area contributed by atoms with Gasteiger partial charge in [-0.3, -0.25) is 9.78 Å². The zero-order valence-corrected chi connectivity index (χ0v) is 18.1. The number of rotatable bonds is 4. The Bertz CT molecular complexity index is 1180. The Morgan fingerprint density at radius 1 is 1.25 bits per heavy atom. The van der Waals surface area contributed by atoms with Gasteiger partial charge in [-0.25, -0.2) is 4.39 Å². The molecule has 1 aromatic carbocycles. The van der Waals surface area contributed by atoms with Crippen molar-refractivity contribution in [3.05, 3.63) is 59.3 Å². The molecule has 0 aliphatic carbocycles. The van der Waals surface area contributed by atoms with Gasteiger partial charge in [0.2, 0.25) is 0 Å². The fraction of sp³-hybridized carbons (Fsp3) is 0.333. The number of benzene rings is 1. The number of nitrogens with one attached hydrogen (secondary N) is 4. The van der Waals surface area contributed by atoms with Crippen molar-refractivity contribution in [3.8, 4) is 17.0 Å². The fourth-order valence-electron chi connectivity index (χ4n) is 4.84. The first-order chi connectivity index (χ1) is 15.5. The Morgan fingerprint density at radius 3 is 2.91 bits per heavy atom. The van der Waals surface area contributed by atoms with E-state index in [1.54, 1.807) is 32.5 Å². The second-order valence-electron chi connectivity index (χ2n) is 8.48. The average molecular weight is 436 g/mol. The van der Waals surface area contributed by atoms with Gasteiger partial charge in [-0.05, 0) is 44.5 Å². The molecular weight excluding hydrogens is 409 g/mol. The second kappa shape index (κ2) is 7.94. The molecule has 4 N–H and O–H groups in total. The number of aromatic nitrogens is 2. The molecule has 4 heterocycles. The topological polar surface area (TPSA) is 91.1 Å². The van der Waals surface area contributed by atoms with E-state index in [4.69, 9.17) is 4.74 Å². The molecule has 0 bridgehead atoms. The number of hydrogen-bond acceptors (Lipinski definition) is 5. The molecule has 1 spiro atoms. The standard InChI is InChI=1S/C24H26FN5O2/c1-14-16(25)5-3-6-17(14)29-21-19-22(24(13-28-23(19)31)8-4-9-27-12-24)30-20(21)15-7-10-26-11-18(15)32-2/h3,5-7,10-11,27,29-30H,4,8-9,12-13H2,1-2H3,(H,28,31)/t24-/m0/s1. The number of halogens is 1. The lowest BCUT2D eigenvalue weighted by Gasteiger charge is -2.40. The van der Waals surface area contributed by atoms with Gasteiger partial charge >= 0.3 is 0 Å². The van der Waals surface area contributed by atoms with E-state index in [9.17, 15) is 9.18 Å². The number of H-pyrrole nitrogens is 1. The van der Waals surface area contributed by atoms with E-state index in [1.165, 1.54) is 6.07 Å². The van der Waals surface area contributed by atoms with E-state index >= 15 is 0 Å². The van der Waals surface area contributed by atoms with E-state index in [0.29, 0.717) is 34.8 Å². The number of amides is 1. The van der Waals surface area contributed by atoms with E-state index in [0.717, 1.165) is 42.9 Å². The lowest BCUT2D eigenvalue weighted by molar-refractivity contribution is 0.0916. The number of carbonyl (C=O) groups excluding carboxylic acids is 1. The van der Waals surface area contributed by atoms with Crippen molar-refractivity contribution >= 4 is 17.3 Å². The van der Waals surface area contributed by atoms with Crippen LogP contribution in [0.25, 0.3) is 11.3 Å². The fourth-order valence-corrected chi connectivity index (χ4v) is 4.84. The van der Waals surface area contributed by atoms with Crippen molar-refractivity contribution < 1.29 is 13.9 Å². The van der Waals surface area contributed by atoms with Gasteiger partial charge in [0.25, 0.3) is 5.91 Å². The molecule has 8 heteroatoms. The molecule has 0 unspecified atom stereocenters. The molecule has 0 saturated carbocycles. The SMILES string of the molecule is COc1cnccc1-c1[nH]c2c(c1Nc1cccc(F)c1C)C(=O)NC[C@@]21CCCNC1. The number of fused-ring (bicyclic) bond motifs is 2. The highest BCUT2D eigenvalue weighted by Crippen LogP contribution is 2.45. The molecular formula is C24H26FN5O2. The number of methoxy groups -OCH3 is 1. The van der Waals surface area contributed by atoms with Crippen molar-refractivity contribution in [2.75, 3.05) is 32.1 Å². The molecule has 1 saturated heterocycles. The summed E-state index contributed by atoms with van der Waals surface area (Å²) < 4.78 is 19.8. The average Bonchev–Trinajstić information content (AvgIpc) is 3.21. The number of anilines is 2. The van der Waals surface area contributed by atoms with Crippen LogP contribution in [0, 0.1) is 12.7 Å². The van der Waals surface area contributed by atoms with E-state index in [2.05, 4.69) is 25.9 Å². The second-order valence-corrected chi connectivity index (χ2v) is 8.48. The number of ether oxygens (including phenoxy) is 1. The summed E-state index contributed by atoms with van der Waals surface area (Å²) in [4.78, 5) is 20.9. The number of piperidine rings is 1. The summed E-state index contributed by atoms with van der Waals surface area (Å²) in [6, 6.07) is 6.74. The predicted molar refractivity (Wildman–Crippen MR) is 121 cm³/mol. The van der Waals surface area contributed by atoms with Crippen molar-refractivity contribution in [3.63, 3.8) is 0 Å². The van der Waals surface area contributed by atoms with Crippen LogP contribution < -0.4 is 20.7 Å². The first-order valence-electron chi connectivity index (χ1n) is 10.8. The van der Waals surface area contributed by atoms with Gasteiger partial charge in [0.1, 0.15) is 11.6 Å². The number of nitrogens with zero attached hydrogens (tertiary/aromatic N) is 1. The van der Waals surface area contributed by atoms with Gasteiger partial charge < -0.3 is 25.7 Å². The molecule has 0 radical (unpaired) electrons. The van der Waals surface area contributed by atoms with Crippen LogP contribution >= 0.6 is 0 Å². The van der Waals surface area contributed by atoms with E-state index in [1.807, 2.05) is 12.1 Å². The zero-order valence-electron chi connectivity index (χ0n) is 18.1. The van der Waals surface area contributed by atoms with Gasteiger partial charge in [0, 0.05) is 47.2 Å². The van der Waals surface area contributed by atoms with Crippen LogP contribution in [0.15, 0.2) is 36.7 Å². The number of aromatic amines is 1. The predicted octanol–water partition coefficient (Wildman–Crippen LogP) is 3.64. The van der Waals surface area contributed by atoms with Crippen molar-refractivity contribution in [1.82, 2.24) is 20.6 Å². The monoisotopic (exact) mass is 435 g/mol. The van der Waals surface area contributed by atoms with E-state index < -0.39 is 0 Å². The molecule has 1 atom stereocenters. The Labute approximate surface area is 185 Å². The van der Waals surface area contributed by atoms with Crippen LogP contribution in [0.4, 0.5) is 15.8 Å². The summed E-state index contributed by atoms with van der Waals surface area (Å²) in [6.45, 7) is 4.02. The minimum atomic E-state index is -0.306. The first-order valence-corrected chi connectivity index (χ1v) is 10.8. The minimum Gasteiger partial charge on any atom is -0.494 e. The van der Waals surface area contributed by atoms with Gasteiger partial charge in [0.15, 0.2) is 0 Å². The third-order valence-corrected chi connectivity index (χ3v) is 6.62. The molecule has 2 aromatic heterocycles. The lowest BCUT2D eigenvalue weighted by atomic mass is 9.74. The van der Waals surface area contributed by atoms with Crippen molar-refractivity contribution in [2.45, 2.75) is 25.2 Å². The molecule has 3 aromatic rings. The highest BCUT2D eigenvalue weighted by Gasteiger charge is 2.44. The summed E-state index contributed by atoms with van der Waals surface area (Å²) in [6.07, 6.45) is 5.31. The van der Waals surface area contributed by atoms with Crippen LogP contribution in [0.2, 0.25) is 0 Å². The molecule has 2 aliphatic rings. The largest absolute Gasteiger partial charge is 0.494 e. The number of carbonyl (C=O) groups is 1. The van der Waals surface area contributed by atoms with Gasteiger partial charge in [-0.1, -0.05) is 6.07 Å². The van der Waals surface area contributed by atoms with E-state index in [-0.39, 0.29) is 17.1 Å². The van der Waals surface area contributed by atoms with Crippen LogP contribution in [0.1, 0.15) is 34.5 Å². The van der Waals surface area contributed by atoms with Crippen molar-refractivity contribution in [1.29, 1.82) is 0 Å². The molecule has 1 fully saturated rings. The van der Waals surface area contributed by atoms with Crippen LogP contribution in [-0.2, 0) is 5.41 Å². The molecule has 32 heavy (non-hydrogen) atoms. The highest BCUT2D eigenvalue weighted by atomic mass is 19.1. The third-order valence-electron chi connectivity index (χ3n) is 6.62. The van der Waals surface area contributed by atoms with Gasteiger partial charge in [-0.2, -0.15) is 0 Å². The smallest absolute Gasteiger partial charge is 0.255 e. The summed E-state index contributed by atoms with van der Waals surface area (Å²) in [5.74, 6) is 0.129. The quantitative estimate of drug-likeness (QED) is 0.502. The Morgan fingerprint density at radius 2 is 2.12 bits per heavy atom. The molecule has 5 rings (SSSR count). The number of pyridine rings is 1. The third kappa shape index (κ3) is 3.22. The van der Waals surface area contributed by atoms with Crippen molar-refractivity contribution in [2.24, 2.45) is 0 Å². The molecule has 7 nitrogen and oxygen atoms in total. The van der Waals surface area contributed by atoms with Gasteiger partial charge in [0.05, 0.1) is 30.3 Å². The normalized spacial score (nSPS) is 20.0. The minimum absolute atomic E-state index is 0.150. The Hall–Kier alpha value is -3.39. The Kier molecular flexibility index (Phi) is 5.09. The molecule has 166 valence electrons. The maximum absolute atomic E-state index is 14.3. The zero-order chi connectivity index (χ0) is 22.3. The first kappa shape index (κ1) is 20.5. The maximum Gasteiger partial charge on any atom is 0.255 e. The highest BCUT2D eigenvalue weighted by molar-refractivity contribution is 6.07. The lowest BCUT2D eigenvalue weighted by Crippen LogP contribution is -2.54. The van der Waals surface area contributed by atoms with Crippen LogP contribution in [-0.4, -0.2) is 42.6 Å². The van der Waals surface area contributed by atoms with Crippen LogP contribution in [0.3, 0.4) is 0 Å². The summed E-state index contributed by atoms with van der Waals surface area (Å²) in [7, 11) is 1.59. The number of hydrogen-bond donors (Lipinski definition) is 4. The van der Waals surface area contributed by atoms with Gasteiger partial charge in [-0.15, -0.1) is 0 Å². The maximum atomic E-state index is 14.3.